The Labute approximate surface area is 155 Å². The average Bonchev–Trinajstić information content (AvgIpc) is 2.68. The molecule has 0 saturated carbocycles. The number of methoxy groups -OCH3 is 1. The summed E-state index contributed by atoms with van der Waals surface area (Å²) in [4.78, 5) is 31.1. The van der Waals surface area contributed by atoms with E-state index in [-0.39, 0.29) is 17.8 Å². The molecule has 0 atom stereocenters. The lowest BCUT2D eigenvalue weighted by atomic mass is 10.2. The predicted molar refractivity (Wildman–Crippen MR) is 99.7 cm³/mol. The van der Waals surface area contributed by atoms with Gasteiger partial charge in [-0.25, -0.2) is 9.37 Å². The minimum Gasteiger partial charge on any atom is -0.383 e. The number of carbonyl (C=O) groups excluding carboxylic acids is 1. The minimum absolute atomic E-state index is 0.150. The van der Waals surface area contributed by atoms with Crippen molar-refractivity contribution in [2.45, 2.75) is 13.1 Å². The Balaban J connectivity index is 1.83. The minimum atomic E-state index is -0.517. The number of aromatic nitrogens is 2. The van der Waals surface area contributed by atoms with Crippen molar-refractivity contribution in [1.82, 2.24) is 14.5 Å². The molecule has 140 valence electrons. The summed E-state index contributed by atoms with van der Waals surface area (Å²) in [5.41, 5.74) is 0.929. The second kappa shape index (κ2) is 8.55. The zero-order valence-corrected chi connectivity index (χ0v) is 15.0. The van der Waals surface area contributed by atoms with Gasteiger partial charge < -0.3 is 9.64 Å². The monoisotopic (exact) mass is 369 g/mol. The van der Waals surface area contributed by atoms with Crippen LogP contribution in [0.25, 0.3) is 10.9 Å². The lowest BCUT2D eigenvalue weighted by Crippen LogP contribution is -2.38. The van der Waals surface area contributed by atoms with Gasteiger partial charge in [0.05, 0.1) is 23.8 Å². The third-order valence-electron chi connectivity index (χ3n) is 4.23. The van der Waals surface area contributed by atoms with Crippen LogP contribution < -0.4 is 5.56 Å². The molecule has 0 fully saturated rings. The van der Waals surface area contributed by atoms with E-state index in [0.717, 1.165) is 11.6 Å². The second-order valence-electron chi connectivity index (χ2n) is 6.13. The van der Waals surface area contributed by atoms with E-state index in [4.69, 9.17) is 4.74 Å². The molecule has 0 spiro atoms. The molecule has 0 aliphatic carbocycles. The van der Waals surface area contributed by atoms with Crippen molar-refractivity contribution in [2.75, 3.05) is 20.3 Å². The van der Waals surface area contributed by atoms with Crippen LogP contribution in [0.5, 0.6) is 0 Å². The maximum Gasteiger partial charge on any atom is 0.261 e. The lowest BCUT2D eigenvalue weighted by molar-refractivity contribution is -0.133. The fourth-order valence-corrected chi connectivity index (χ4v) is 2.79. The molecule has 27 heavy (non-hydrogen) atoms. The quantitative estimate of drug-likeness (QED) is 0.641. The van der Waals surface area contributed by atoms with Crippen LogP contribution in [0.3, 0.4) is 0 Å². The molecule has 0 saturated heterocycles. The van der Waals surface area contributed by atoms with Crippen molar-refractivity contribution in [3.8, 4) is 0 Å². The van der Waals surface area contributed by atoms with Gasteiger partial charge >= 0.3 is 0 Å². The second-order valence-corrected chi connectivity index (χ2v) is 6.13. The van der Waals surface area contributed by atoms with Gasteiger partial charge in [0.2, 0.25) is 5.91 Å². The molecular weight excluding hydrogens is 349 g/mol. The number of amides is 1. The highest BCUT2D eigenvalue weighted by Crippen LogP contribution is 2.09. The van der Waals surface area contributed by atoms with Crippen LogP contribution in [0.15, 0.2) is 59.7 Å². The standard InChI is InChI=1S/C20H20FN3O3/c1-27-10-9-23(12-15-5-3-2-4-6-15)19(25)13-24-14-22-18-8-7-16(21)11-17(18)20(24)26/h2-8,11,14H,9-10,12-13H2,1H3. The van der Waals surface area contributed by atoms with E-state index in [1.807, 2.05) is 30.3 Å². The zero-order valence-electron chi connectivity index (χ0n) is 15.0. The van der Waals surface area contributed by atoms with Crippen molar-refractivity contribution >= 4 is 16.8 Å². The zero-order chi connectivity index (χ0) is 19.2. The molecule has 0 unspecified atom stereocenters. The van der Waals surface area contributed by atoms with Gasteiger partial charge in [-0.3, -0.25) is 14.2 Å². The maximum atomic E-state index is 13.5. The molecule has 2 aromatic carbocycles. The SMILES string of the molecule is COCCN(Cc1ccccc1)C(=O)Cn1cnc2ccc(F)cc2c1=O. The summed E-state index contributed by atoms with van der Waals surface area (Å²) >= 11 is 0. The van der Waals surface area contributed by atoms with Crippen molar-refractivity contribution in [3.63, 3.8) is 0 Å². The number of hydrogen-bond donors (Lipinski definition) is 0. The largest absolute Gasteiger partial charge is 0.383 e. The van der Waals surface area contributed by atoms with E-state index < -0.39 is 11.4 Å². The molecule has 0 N–H and O–H groups in total. The smallest absolute Gasteiger partial charge is 0.261 e. The highest BCUT2D eigenvalue weighted by Gasteiger charge is 2.16. The Morgan fingerprint density at radius 2 is 2.00 bits per heavy atom. The Morgan fingerprint density at radius 1 is 1.22 bits per heavy atom. The molecule has 0 aliphatic rings. The summed E-state index contributed by atoms with van der Waals surface area (Å²) in [6.07, 6.45) is 1.32. The molecule has 1 amide bonds. The molecule has 0 aliphatic heterocycles. The number of carbonyl (C=O) groups is 1. The predicted octanol–water partition coefficient (Wildman–Crippen LogP) is 2.21. The summed E-state index contributed by atoms with van der Waals surface area (Å²) in [6.45, 7) is 1.02. The molecular formula is C20H20FN3O3. The highest BCUT2D eigenvalue weighted by molar-refractivity contribution is 5.79. The summed E-state index contributed by atoms with van der Waals surface area (Å²) in [5, 5.41) is 0.150. The Kier molecular flexibility index (Phi) is 5.93. The van der Waals surface area contributed by atoms with Crippen LogP contribution in [0, 0.1) is 5.82 Å². The molecule has 7 heteroatoms. The van der Waals surface area contributed by atoms with Gasteiger partial charge in [0.1, 0.15) is 12.4 Å². The van der Waals surface area contributed by atoms with Crippen LogP contribution in [-0.4, -0.2) is 40.6 Å². The highest BCUT2D eigenvalue weighted by atomic mass is 19.1. The van der Waals surface area contributed by atoms with Gasteiger partial charge in [-0.1, -0.05) is 30.3 Å². The number of nitrogens with zero attached hydrogens (tertiary/aromatic N) is 3. The fourth-order valence-electron chi connectivity index (χ4n) is 2.79. The fraction of sp³-hybridized carbons (Fsp3) is 0.250. The first-order valence-corrected chi connectivity index (χ1v) is 8.54. The van der Waals surface area contributed by atoms with Crippen LogP contribution >= 0.6 is 0 Å². The van der Waals surface area contributed by atoms with Crippen LogP contribution in [-0.2, 0) is 22.6 Å². The van der Waals surface area contributed by atoms with Crippen molar-refractivity contribution in [1.29, 1.82) is 0 Å². The van der Waals surface area contributed by atoms with Crippen molar-refractivity contribution in [2.24, 2.45) is 0 Å². The van der Waals surface area contributed by atoms with Gasteiger partial charge in [-0.05, 0) is 23.8 Å². The van der Waals surface area contributed by atoms with E-state index in [1.54, 1.807) is 12.0 Å². The number of fused-ring (bicyclic) bond motifs is 1. The Hall–Kier alpha value is -3.06. The van der Waals surface area contributed by atoms with E-state index in [1.165, 1.54) is 23.0 Å². The van der Waals surface area contributed by atoms with E-state index in [9.17, 15) is 14.0 Å². The Morgan fingerprint density at radius 3 is 2.74 bits per heavy atom. The molecule has 3 rings (SSSR count). The van der Waals surface area contributed by atoms with E-state index in [0.29, 0.717) is 25.2 Å². The first kappa shape index (κ1) is 18.7. The number of ether oxygens (including phenoxy) is 1. The summed E-state index contributed by atoms with van der Waals surface area (Å²) in [5.74, 6) is -0.758. The Bertz CT molecular complexity index is 989. The summed E-state index contributed by atoms with van der Waals surface area (Å²) < 4.78 is 19.7. The number of hydrogen-bond acceptors (Lipinski definition) is 4. The van der Waals surface area contributed by atoms with Crippen molar-refractivity contribution in [3.05, 3.63) is 76.6 Å². The van der Waals surface area contributed by atoms with E-state index in [2.05, 4.69) is 4.98 Å². The van der Waals surface area contributed by atoms with E-state index >= 15 is 0 Å². The van der Waals surface area contributed by atoms with Crippen LogP contribution in [0.1, 0.15) is 5.56 Å². The maximum absolute atomic E-state index is 13.5. The molecule has 1 heterocycles. The molecule has 6 nitrogen and oxygen atoms in total. The van der Waals surface area contributed by atoms with Crippen LogP contribution in [0.2, 0.25) is 0 Å². The summed E-state index contributed by atoms with van der Waals surface area (Å²) in [7, 11) is 1.57. The van der Waals surface area contributed by atoms with Gasteiger partial charge in [-0.2, -0.15) is 0 Å². The summed E-state index contributed by atoms with van der Waals surface area (Å²) in [6, 6.07) is 13.4. The average molecular weight is 369 g/mol. The number of halogens is 1. The molecule has 0 radical (unpaired) electrons. The first-order valence-electron chi connectivity index (χ1n) is 8.54. The third kappa shape index (κ3) is 4.57. The van der Waals surface area contributed by atoms with Gasteiger partial charge in [-0.15, -0.1) is 0 Å². The molecule has 1 aromatic heterocycles. The number of benzene rings is 2. The van der Waals surface area contributed by atoms with Crippen LogP contribution in [0.4, 0.5) is 4.39 Å². The normalized spacial score (nSPS) is 10.9. The number of rotatable bonds is 7. The molecule has 3 aromatic rings. The lowest BCUT2D eigenvalue weighted by Gasteiger charge is -2.23. The third-order valence-corrected chi connectivity index (χ3v) is 4.23. The first-order chi connectivity index (χ1) is 13.1. The van der Waals surface area contributed by atoms with Gasteiger partial charge in [0.25, 0.3) is 5.56 Å². The topological polar surface area (TPSA) is 64.4 Å². The van der Waals surface area contributed by atoms with Gasteiger partial charge in [0.15, 0.2) is 0 Å². The molecule has 0 bridgehead atoms. The van der Waals surface area contributed by atoms with Gasteiger partial charge in [0, 0.05) is 20.2 Å². The van der Waals surface area contributed by atoms with Crippen molar-refractivity contribution < 1.29 is 13.9 Å².